The Morgan fingerprint density at radius 3 is 2.85 bits per heavy atom. The van der Waals surface area contributed by atoms with Gasteiger partial charge >= 0.3 is 0 Å². The Morgan fingerprint density at radius 1 is 1.30 bits per heavy atom. The molecule has 0 saturated carbocycles. The van der Waals surface area contributed by atoms with Crippen LogP contribution in [0.4, 0.5) is 8.78 Å². The Labute approximate surface area is 122 Å². The Balaban J connectivity index is 2.03. The lowest BCUT2D eigenvalue weighted by atomic mass is 10.2. The Bertz CT molecular complexity index is 790. The van der Waals surface area contributed by atoms with Crippen LogP contribution in [0.25, 0.3) is 10.7 Å². The molecular weight excluding hydrogens is 300 g/mol. The minimum Gasteiger partial charge on any atom is -0.295 e. The summed E-state index contributed by atoms with van der Waals surface area (Å²) in [6.07, 6.45) is 0. The molecule has 3 aromatic rings. The number of rotatable bonds is 3. The first-order valence-electron chi connectivity index (χ1n) is 5.78. The highest BCUT2D eigenvalue weighted by atomic mass is 32.1. The predicted molar refractivity (Wildman–Crippen MR) is 76.2 cm³/mol. The van der Waals surface area contributed by atoms with Gasteiger partial charge in [-0.2, -0.15) is 5.10 Å². The van der Waals surface area contributed by atoms with Gasteiger partial charge in [-0.15, -0.1) is 11.3 Å². The van der Waals surface area contributed by atoms with E-state index in [9.17, 15) is 8.78 Å². The summed E-state index contributed by atoms with van der Waals surface area (Å²) in [6.45, 7) is 0.203. The molecule has 20 heavy (non-hydrogen) atoms. The predicted octanol–water partition coefficient (Wildman–Crippen LogP) is 4.00. The molecule has 0 aliphatic heterocycles. The van der Waals surface area contributed by atoms with E-state index in [0.717, 1.165) is 10.9 Å². The molecule has 0 aliphatic carbocycles. The second kappa shape index (κ2) is 5.26. The number of thiophene rings is 1. The van der Waals surface area contributed by atoms with Crippen LogP contribution in [-0.2, 0) is 6.54 Å². The smallest absolute Gasteiger partial charge is 0.195 e. The van der Waals surface area contributed by atoms with Crippen molar-refractivity contribution in [2.45, 2.75) is 6.54 Å². The van der Waals surface area contributed by atoms with Crippen LogP contribution in [-0.4, -0.2) is 14.8 Å². The van der Waals surface area contributed by atoms with Gasteiger partial charge in [0.05, 0.1) is 11.4 Å². The van der Waals surface area contributed by atoms with E-state index in [-0.39, 0.29) is 6.54 Å². The minimum absolute atomic E-state index is 0.203. The fourth-order valence-electron chi connectivity index (χ4n) is 1.88. The quantitative estimate of drug-likeness (QED) is 0.742. The molecule has 0 bridgehead atoms. The zero-order valence-corrected chi connectivity index (χ0v) is 11.8. The summed E-state index contributed by atoms with van der Waals surface area (Å²) in [7, 11) is 0. The number of hydrogen-bond donors (Lipinski definition) is 1. The first-order valence-corrected chi connectivity index (χ1v) is 7.07. The third-order valence-electron chi connectivity index (χ3n) is 2.84. The second-order valence-corrected chi connectivity index (χ2v) is 5.49. The fraction of sp³-hybridized carbons (Fsp3) is 0.0769. The largest absolute Gasteiger partial charge is 0.295 e. The van der Waals surface area contributed by atoms with Crippen LogP contribution >= 0.6 is 23.6 Å². The average molecular weight is 309 g/mol. The standard InChI is InChI=1S/C13H9F2N3S2/c14-9-4-3-8(10(15)6-9)7-18-12(16-17-13(18)19)11-2-1-5-20-11/h1-6H,7H2,(H,17,19). The van der Waals surface area contributed by atoms with Crippen molar-refractivity contribution in [1.29, 1.82) is 0 Å². The molecule has 0 aliphatic rings. The molecule has 3 rings (SSSR count). The molecule has 0 atom stereocenters. The van der Waals surface area contributed by atoms with Crippen molar-refractivity contribution in [3.05, 3.63) is 57.7 Å². The number of aromatic amines is 1. The fourth-order valence-corrected chi connectivity index (χ4v) is 2.80. The van der Waals surface area contributed by atoms with Crippen LogP contribution in [0.3, 0.4) is 0 Å². The molecule has 2 aromatic heterocycles. The van der Waals surface area contributed by atoms with Crippen molar-refractivity contribution in [2.24, 2.45) is 0 Å². The second-order valence-electron chi connectivity index (χ2n) is 4.15. The van der Waals surface area contributed by atoms with Gasteiger partial charge in [-0.3, -0.25) is 9.67 Å². The molecular formula is C13H9F2N3S2. The van der Waals surface area contributed by atoms with E-state index in [0.29, 0.717) is 16.2 Å². The number of nitrogens with one attached hydrogen (secondary N) is 1. The minimum atomic E-state index is -0.597. The summed E-state index contributed by atoms with van der Waals surface area (Å²) in [6, 6.07) is 7.32. The van der Waals surface area contributed by atoms with Gasteiger partial charge in [-0.1, -0.05) is 12.1 Å². The number of benzene rings is 1. The molecule has 0 saturated heterocycles. The van der Waals surface area contributed by atoms with Crippen molar-refractivity contribution >= 4 is 23.6 Å². The number of hydrogen-bond acceptors (Lipinski definition) is 3. The molecule has 7 heteroatoms. The summed E-state index contributed by atoms with van der Waals surface area (Å²) in [5, 5.41) is 8.79. The molecule has 0 amide bonds. The Hall–Kier alpha value is -1.86. The summed E-state index contributed by atoms with van der Waals surface area (Å²) >= 11 is 6.69. The lowest BCUT2D eigenvalue weighted by molar-refractivity contribution is 0.566. The van der Waals surface area contributed by atoms with E-state index in [2.05, 4.69) is 10.2 Å². The Kier molecular flexibility index (Phi) is 3.45. The van der Waals surface area contributed by atoms with Crippen molar-refractivity contribution in [3.63, 3.8) is 0 Å². The molecule has 102 valence electrons. The molecule has 0 spiro atoms. The topological polar surface area (TPSA) is 33.6 Å². The first kappa shape index (κ1) is 13.1. The normalized spacial score (nSPS) is 10.9. The van der Waals surface area contributed by atoms with Crippen molar-refractivity contribution in [2.75, 3.05) is 0 Å². The van der Waals surface area contributed by atoms with Gasteiger partial charge in [-0.25, -0.2) is 8.78 Å². The van der Waals surface area contributed by atoms with Crippen LogP contribution in [0.15, 0.2) is 35.7 Å². The molecule has 0 radical (unpaired) electrons. The van der Waals surface area contributed by atoms with E-state index in [4.69, 9.17) is 12.2 Å². The van der Waals surface area contributed by atoms with Crippen LogP contribution < -0.4 is 0 Å². The highest BCUT2D eigenvalue weighted by molar-refractivity contribution is 7.71. The van der Waals surface area contributed by atoms with E-state index in [1.165, 1.54) is 23.5 Å². The van der Waals surface area contributed by atoms with Crippen LogP contribution in [0, 0.1) is 16.4 Å². The SMILES string of the molecule is Fc1ccc(Cn2c(-c3cccs3)n[nH]c2=S)c(F)c1. The summed E-state index contributed by atoms with van der Waals surface area (Å²) in [5.41, 5.74) is 0.363. The third-order valence-corrected chi connectivity index (χ3v) is 4.02. The Morgan fingerprint density at radius 2 is 2.15 bits per heavy atom. The van der Waals surface area contributed by atoms with Crippen LogP contribution in [0.1, 0.15) is 5.56 Å². The molecule has 1 aromatic carbocycles. The maximum absolute atomic E-state index is 13.7. The maximum Gasteiger partial charge on any atom is 0.195 e. The first-order chi connectivity index (χ1) is 9.65. The van der Waals surface area contributed by atoms with Crippen molar-refractivity contribution < 1.29 is 8.78 Å². The highest BCUT2D eigenvalue weighted by Gasteiger charge is 2.12. The van der Waals surface area contributed by atoms with Gasteiger partial charge in [0.2, 0.25) is 0 Å². The van der Waals surface area contributed by atoms with Crippen LogP contribution in [0.2, 0.25) is 0 Å². The number of nitrogens with zero attached hydrogens (tertiary/aromatic N) is 2. The van der Waals surface area contributed by atoms with Gasteiger partial charge in [0.25, 0.3) is 0 Å². The van der Waals surface area contributed by atoms with Gasteiger partial charge in [0, 0.05) is 11.6 Å². The van der Waals surface area contributed by atoms with E-state index in [1.54, 1.807) is 4.57 Å². The molecule has 0 fully saturated rings. The highest BCUT2D eigenvalue weighted by Crippen LogP contribution is 2.24. The number of aromatic nitrogens is 3. The summed E-state index contributed by atoms with van der Waals surface area (Å²) < 4.78 is 28.7. The summed E-state index contributed by atoms with van der Waals surface area (Å²) in [4.78, 5) is 0.930. The number of H-pyrrole nitrogens is 1. The molecule has 3 nitrogen and oxygen atoms in total. The van der Waals surface area contributed by atoms with Gasteiger partial charge < -0.3 is 0 Å². The van der Waals surface area contributed by atoms with Crippen LogP contribution in [0.5, 0.6) is 0 Å². The zero-order chi connectivity index (χ0) is 14.1. The average Bonchev–Trinajstić information content (AvgIpc) is 3.03. The van der Waals surface area contributed by atoms with E-state index in [1.807, 2.05) is 17.5 Å². The summed E-state index contributed by atoms with van der Waals surface area (Å²) in [5.74, 6) is -0.542. The van der Waals surface area contributed by atoms with Gasteiger partial charge in [-0.05, 0) is 29.7 Å². The van der Waals surface area contributed by atoms with Gasteiger partial charge in [0.1, 0.15) is 11.6 Å². The van der Waals surface area contributed by atoms with Crippen molar-refractivity contribution in [3.8, 4) is 10.7 Å². The molecule has 2 heterocycles. The lowest BCUT2D eigenvalue weighted by Gasteiger charge is -2.07. The third kappa shape index (κ3) is 2.41. The monoisotopic (exact) mass is 309 g/mol. The zero-order valence-electron chi connectivity index (χ0n) is 10.1. The molecule has 0 unspecified atom stereocenters. The van der Waals surface area contributed by atoms with Crippen molar-refractivity contribution in [1.82, 2.24) is 14.8 Å². The van der Waals surface area contributed by atoms with E-state index < -0.39 is 11.6 Å². The lowest BCUT2D eigenvalue weighted by Crippen LogP contribution is -2.04. The molecule has 1 N–H and O–H groups in total. The number of halogens is 2. The maximum atomic E-state index is 13.7. The van der Waals surface area contributed by atoms with Gasteiger partial charge in [0.15, 0.2) is 10.6 Å². The van der Waals surface area contributed by atoms with E-state index >= 15 is 0 Å².